The summed E-state index contributed by atoms with van der Waals surface area (Å²) in [7, 11) is 7.39. The summed E-state index contributed by atoms with van der Waals surface area (Å²) in [6.45, 7) is 0.563. The topological polar surface area (TPSA) is 92.8 Å². The summed E-state index contributed by atoms with van der Waals surface area (Å²) in [6, 6.07) is 13.9. The van der Waals surface area contributed by atoms with Gasteiger partial charge in [0.15, 0.2) is 34.9 Å². The van der Waals surface area contributed by atoms with E-state index in [0.717, 1.165) is 0 Å². The Morgan fingerprint density at radius 1 is 0.825 bits per heavy atom. The number of likely N-dealkylation sites (tertiary alicyclic amines) is 1. The molecule has 1 amide bonds. The minimum atomic E-state index is -0.726. The Morgan fingerprint density at radius 2 is 1.48 bits per heavy atom. The van der Waals surface area contributed by atoms with Crippen LogP contribution in [0.4, 0.5) is 4.39 Å². The van der Waals surface area contributed by atoms with Gasteiger partial charge < -0.3 is 33.3 Å². The van der Waals surface area contributed by atoms with Crippen LogP contribution in [0.5, 0.6) is 28.7 Å². The van der Waals surface area contributed by atoms with E-state index in [9.17, 15) is 14.0 Å². The number of ether oxygens (including phenoxy) is 6. The number of hydrogen-bond acceptors (Lipinski definition) is 8. The molecule has 4 rings (SSSR count). The number of β-lactam (4-membered cyclic amide) rings is 1. The van der Waals surface area contributed by atoms with Crippen molar-refractivity contribution in [2.24, 2.45) is 0 Å². The van der Waals surface area contributed by atoms with Crippen LogP contribution in [-0.4, -0.2) is 71.4 Å². The zero-order valence-electron chi connectivity index (χ0n) is 23.1. The van der Waals surface area contributed by atoms with Gasteiger partial charge in [-0.3, -0.25) is 9.59 Å². The van der Waals surface area contributed by atoms with Crippen LogP contribution in [-0.2, 0) is 9.53 Å². The van der Waals surface area contributed by atoms with Crippen molar-refractivity contribution in [2.75, 3.05) is 48.7 Å². The van der Waals surface area contributed by atoms with Crippen molar-refractivity contribution in [3.63, 3.8) is 0 Å². The number of methoxy groups -OCH3 is 5. The summed E-state index contributed by atoms with van der Waals surface area (Å²) in [4.78, 5) is 27.5. The second-order valence-corrected chi connectivity index (χ2v) is 8.97. The third kappa shape index (κ3) is 5.53. The van der Waals surface area contributed by atoms with Gasteiger partial charge in [-0.2, -0.15) is 0 Å². The minimum absolute atomic E-state index is 0.203. The van der Waals surface area contributed by atoms with Crippen molar-refractivity contribution < 1.29 is 42.4 Å². The van der Waals surface area contributed by atoms with Crippen molar-refractivity contribution >= 4 is 11.7 Å². The molecule has 1 saturated heterocycles. The van der Waals surface area contributed by atoms with Crippen LogP contribution in [0.1, 0.15) is 33.9 Å². The second kappa shape index (κ2) is 12.7. The van der Waals surface area contributed by atoms with Crippen LogP contribution in [0.15, 0.2) is 54.6 Å². The average Bonchev–Trinajstić information content (AvgIpc) is 2.98. The zero-order valence-corrected chi connectivity index (χ0v) is 23.1. The molecule has 2 atom stereocenters. The molecule has 0 bridgehead atoms. The van der Waals surface area contributed by atoms with Crippen LogP contribution in [0.3, 0.4) is 0 Å². The molecule has 40 heavy (non-hydrogen) atoms. The van der Waals surface area contributed by atoms with E-state index < -0.39 is 12.1 Å². The molecule has 1 aliphatic rings. The monoisotopic (exact) mass is 553 g/mol. The first-order valence-corrected chi connectivity index (χ1v) is 12.6. The quantitative estimate of drug-likeness (QED) is 0.174. The Morgan fingerprint density at radius 3 is 2.08 bits per heavy atom. The third-order valence-electron chi connectivity index (χ3n) is 6.78. The highest BCUT2D eigenvalue weighted by Crippen LogP contribution is 2.40. The van der Waals surface area contributed by atoms with Crippen molar-refractivity contribution in [1.82, 2.24) is 4.90 Å². The molecule has 1 fully saturated rings. The highest BCUT2D eigenvalue weighted by Gasteiger charge is 2.49. The fraction of sp³-hybridized carbons (Fsp3) is 0.333. The zero-order chi connectivity index (χ0) is 28.8. The Kier molecular flexibility index (Phi) is 9.11. The maximum absolute atomic E-state index is 14.4. The van der Waals surface area contributed by atoms with E-state index >= 15 is 0 Å². The molecule has 1 aliphatic heterocycles. The largest absolute Gasteiger partial charge is 0.493 e. The number of amides is 1. The van der Waals surface area contributed by atoms with Crippen LogP contribution < -0.4 is 23.7 Å². The van der Waals surface area contributed by atoms with Gasteiger partial charge in [-0.15, -0.1) is 0 Å². The number of rotatable bonds is 13. The predicted molar refractivity (Wildman–Crippen MR) is 144 cm³/mol. The average molecular weight is 554 g/mol. The summed E-state index contributed by atoms with van der Waals surface area (Å²) in [5.41, 5.74) is 1.12. The molecule has 0 aliphatic carbocycles. The van der Waals surface area contributed by atoms with E-state index in [4.69, 9.17) is 28.4 Å². The summed E-state index contributed by atoms with van der Waals surface area (Å²) in [5, 5.41) is 0. The maximum atomic E-state index is 14.4. The molecule has 0 N–H and O–H groups in total. The molecule has 3 aromatic carbocycles. The van der Waals surface area contributed by atoms with Gasteiger partial charge in [-0.25, -0.2) is 4.39 Å². The van der Waals surface area contributed by atoms with Gasteiger partial charge in [-0.1, -0.05) is 18.2 Å². The van der Waals surface area contributed by atoms with E-state index in [-0.39, 0.29) is 24.1 Å². The molecule has 3 aromatic rings. The van der Waals surface area contributed by atoms with Crippen LogP contribution in [0.2, 0.25) is 0 Å². The number of ketones is 1. The van der Waals surface area contributed by atoms with Crippen molar-refractivity contribution in [3.05, 3.63) is 77.1 Å². The molecule has 9 nitrogen and oxygen atoms in total. The molecule has 212 valence electrons. The summed E-state index contributed by atoms with van der Waals surface area (Å²) in [5.74, 6) is 1.06. The first-order chi connectivity index (χ1) is 19.4. The first-order valence-electron chi connectivity index (χ1n) is 12.6. The van der Waals surface area contributed by atoms with Gasteiger partial charge in [0.1, 0.15) is 5.82 Å². The first kappa shape index (κ1) is 28.7. The van der Waals surface area contributed by atoms with Gasteiger partial charge in [-0.05, 0) is 42.8 Å². The van der Waals surface area contributed by atoms with E-state index in [0.29, 0.717) is 58.4 Å². The van der Waals surface area contributed by atoms with E-state index in [1.165, 1.54) is 41.6 Å². The van der Waals surface area contributed by atoms with Gasteiger partial charge in [0.05, 0.1) is 41.1 Å². The highest BCUT2D eigenvalue weighted by molar-refractivity contribution is 6.10. The Hall–Kier alpha value is -4.31. The van der Waals surface area contributed by atoms with Gasteiger partial charge >= 0.3 is 0 Å². The lowest BCUT2D eigenvalue weighted by Crippen LogP contribution is -2.60. The normalized spacial score (nSPS) is 16.2. The molecule has 0 spiro atoms. The van der Waals surface area contributed by atoms with Crippen LogP contribution in [0, 0.1) is 5.82 Å². The molecule has 1 heterocycles. The van der Waals surface area contributed by atoms with Crippen molar-refractivity contribution in [1.29, 1.82) is 0 Å². The highest BCUT2D eigenvalue weighted by atomic mass is 19.1. The number of nitrogens with zero attached hydrogens (tertiary/aromatic N) is 1. The fourth-order valence-electron chi connectivity index (χ4n) is 4.77. The predicted octanol–water partition coefficient (Wildman–Crippen LogP) is 4.46. The SMILES string of the molecule is COc1ccc(C(=O)c2cc(OC)c(OC)c(OC)c2)cc1OCCCN1C(=O)[C@@H](OC)[C@H]1c1ccccc1F. The number of benzene rings is 3. The molecule has 10 heteroatoms. The van der Waals surface area contributed by atoms with Crippen LogP contribution in [0.25, 0.3) is 0 Å². The standard InChI is InChI=1S/C30H32FNO8/c1-35-22-12-11-18(27(33)19-16-24(36-2)28(38-4)25(17-19)37-3)15-23(22)40-14-8-13-32-26(29(39-5)30(32)34)20-9-6-7-10-21(20)31/h6-7,9-12,15-17,26,29H,8,13-14H2,1-5H3/t26-,29+/m1/s1. The molecule has 0 unspecified atom stereocenters. The molecule has 0 saturated carbocycles. The van der Waals surface area contributed by atoms with Gasteiger partial charge in [0.25, 0.3) is 5.91 Å². The lowest BCUT2D eigenvalue weighted by molar-refractivity contribution is -0.171. The summed E-state index contributed by atoms with van der Waals surface area (Å²) in [6.07, 6.45) is -0.266. The second-order valence-electron chi connectivity index (χ2n) is 8.97. The summed E-state index contributed by atoms with van der Waals surface area (Å²) >= 11 is 0. The molecular formula is C30H32FNO8. The van der Waals surface area contributed by atoms with Crippen molar-refractivity contribution in [2.45, 2.75) is 18.6 Å². The lowest BCUT2D eigenvalue weighted by atomic mass is 9.90. The smallest absolute Gasteiger partial charge is 0.254 e. The number of hydrogen-bond donors (Lipinski definition) is 0. The third-order valence-corrected chi connectivity index (χ3v) is 6.78. The minimum Gasteiger partial charge on any atom is -0.493 e. The molecule has 0 aromatic heterocycles. The van der Waals surface area contributed by atoms with Crippen molar-refractivity contribution in [3.8, 4) is 28.7 Å². The summed E-state index contributed by atoms with van der Waals surface area (Å²) < 4.78 is 47.2. The van der Waals surface area contributed by atoms with Gasteiger partial charge in [0.2, 0.25) is 5.75 Å². The van der Waals surface area contributed by atoms with E-state index in [1.807, 2.05) is 0 Å². The van der Waals surface area contributed by atoms with E-state index in [1.54, 1.807) is 53.4 Å². The fourth-order valence-corrected chi connectivity index (χ4v) is 4.77. The number of carbonyl (C=O) groups excluding carboxylic acids is 2. The maximum Gasteiger partial charge on any atom is 0.254 e. The molecule has 0 radical (unpaired) electrons. The van der Waals surface area contributed by atoms with Crippen LogP contribution >= 0.6 is 0 Å². The Bertz CT molecular complexity index is 1350. The number of carbonyl (C=O) groups is 2. The lowest BCUT2D eigenvalue weighted by Gasteiger charge is -2.46. The Labute approximate surface area is 232 Å². The number of halogens is 1. The Balaban J connectivity index is 1.46. The van der Waals surface area contributed by atoms with Gasteiger partial charge in [0, 0.05) is 30.3 Å². The van der Waals surface area contributed by atoms with E-state index in [2.05, 4.69) is 0 Å². The molecular weight excluding hydrogens is 521 g/mol.